The number of nitrogens with zero attached hydrogens (tertiary/aromatic N) is 2. The van der Waals surface area contributed by atoms with Crippen LogP contribution in [0.1, 0.15) is 20.3 Å². The molecule has 0 unspecified atom stereocenters. The van der Waals surface area contributed by atoms with Gasteiger partial charge in [0, 0.05) is 5.92 Å². The molecule has 0 N–H and O–H groups in total. The fraction of sp³-hybridized carbons (Fsp3) is 0.545. The number of aldehydes is 1. The second-order valence-corrected chi connectivity index (χ2v) is 3.77. The van der Waals surface area contributed by atoms with E-state index in [0.717, 1.165) is 6.29 Å². The van der Waals surface area contributed by atoms with Crippen molar-refractivity contribution in [1.82, 2.24) is 0 Å². The molecule has 1 rings (SSSR count). The maximum Gasteiger partial charge on any atom is 0.153 e. The van der Waals surface area contributed by atoms with Crippen LogP contribution >= 0.6 is 0 Å². The highest BCUT2D eigenvalue weighted by atomic mass is 16.1. The van der Waals surface area contributed by atoms with Crippen molar-refractivity contribution in [2.75, 3.05) is 0 Å². The molecule has 0 bridgehead atoms. The van der Waals surface area contributed by atoms with Gasteiger partial charge in [0.15, 0.2) is 5.41 Å². The summed E-state index contributed by atoms with van der Waals surface area (Å²) in [7, 11) is 0. The Labute approximate surface area is 83.6 Å². The maximum absolute atomic E-state index is 10.7. The lowest BCUT2D eigenvalue weighted by molar-refractivity contribution is -0.105. The van der Waals surface area contributed by atoms with Crippen LogP contribution in [0.5, 0.6) is 0 Å². The molecule has 14 heavy (non-hydrogen) atoms. The molecular formula is C11H12N2O. The predicted octanol–water partition coefficient (Wildman–Crippen LogP) is 1.82. The van der Waals surface area contributed by atoms with Gasteiger partial charge in [0.25, 0.3) is 0 Å². The molecule has 0 aliphatic heterocycles. The van der Waals surface area contributed by atoms with Crippen LogP contribution in [-0.2, 0) is 4.79 Å². The number of rotatable bonds is 1. The van der Waals surface area contributed by atoms with Crippen molar-refractivity contribution >= 4 is 6.29 Å². The van der Waals surface area contributed by atoms with Crippen LogP contribution in [0.3, 0.4) is 0 Å². The number of hydrogen-bond acceptors (Lipinski definition) is 3. The van der Waals surface area contributed by atoms with Gasteiger partial charge in [0.05, 0.1) is 12.1 Å². The first-order valence-electron chi connectivity index (χ1n) is 4.60. The van der Waals surface area contributed by atoms with Gasteiger partial charge in [-0.2, -0.15) is 10.5 Å². The van der Waals surface area contributed by atoms with Crippen LogP contribution in [-0.4, -0.2) is 6.29 Å². The molecule has 0 aromatic heterocycles. The van der Waals surface area contributed by atoms with E-state index in [2.05, 4.69) is 12.1 Å². The van der Waals surface area contributed by atoms with Gasteiger partial charge in [0.1, 0.15) is 6.29 Å². The first kappa shape index (κ1) is 10.5. The minimum Gasteiger partial charge on any atom is -0.298 e. The van der Waals surface area contributed by atoms with Crippen LogP contribution in [0.25, 0.3) is 0 Å². The third-order valence-electron chi connectivity index (χ3n) is 3.17. The molecule has 0 saturated heterocycles. The molecule has 0 saturated carbocycles. The van der Waals surface area contributed by atoms with E-state index in [0.29, 0.717) is 12.0 Å². The Hall–Kier alpha value is -1.61. The molecule has 0 aromatic carbocycles. The number of carbonyl (C=O) groups is 1. The predicted molar refractivity (Wildman–Crippen MR) is 50.8 cm³/mol. The Balaban J connectivity index is 3.22. The zero-order valence-corrected chi connectivity index (χ0v) is 8.32. The fourth-order valence-corrected chi connectivity index (χ4v) is 1.95. The summed E-state index contributed by atoms with van der Waals surface area (Å²) in [6.07, 6.45) is 3.20. The summed E-state index contributed by atoms with van der Waals surface area (Å²) < 4.78 is 0. The van der Waals surface area contributed by atoms with Crippen LogP contribution in [0, 0.1) is 39.9 Å². The van der Waals surface area contributed by atoms with E-state index >= 15 is 0 Å². The molecule has 0 spiro atoms. The van der Waals surface area contributed by atoms with E-state index in [4.69, 9.17) is 10.5 Å². The SMILES string of the molecule is C[C@@H]1CC=C(C=O)[C@@H](C)C1(C#N)C#N. The average Bonchev–Trinajstić information content (AvgIpc) is 2.20. The minimum atomic E-state index is -1.04. The van der Waals surface area contributed by atoms with Crippen molar-refractivity contribution in [1.29, 1.82) is 10.5 Å². The molecule has 0 radical (unpaired) electrons. The van der Waals surface area contributed by atoms with E-state index < -0.39 is 5.41 Å². The summed E-state index contributed by atoms with van der Waals surface area (Å²) in [5.41, 5.74) is -0.462. The molecule has 0 heterocycles. The van der Waals surface area contributed by atoms with E-state index in [1.54, 1.807) is 6.92 Å². The third kappa shape index (κ3) is 1.22. The molecule has 1 aliphatic carbocycles. The van der Waals surface area contributed by atoms with Crippen molar-refractivity contribution in [3.8, 4) is 12.1 Å². The van der Waals surface area contributed by atoms with Gasteiger partial charge < -0.3 is 0 Å². The highest BCUT2D eigenvalue weighted by molar-refractivity contribution is 5.75. The van der Waals surface area contributed by atoms with Gasteiger partial charge in [-0.1, -0.05) is 19.9 Å². The van der Waals surface area contributed by atoms with Crippen molar-refractivity contribution in [2.24, 2.45) is 17.3 Å². The van der Waals surface area contributed by atoms with Crippen molar-refractivity contribution in [3.05, 3.63) is 11.6 Å². The zero-order chi connectivity index (χ0) is 10.8. The van der Waals surface area contributed by atoms with E-state index in [9.17, 15) is 4.79 Å². The van der Waals surface area contributed by atoms with Gasteiger partial charge in [-0.25, -0.2) is 0 Å². The van der Waals surface area contributed by atoms with Crippen LogP contribution < -0.4 is 0 Å². The van der Waals surface area contributed by atoms with Gasteiger partial charge in [-0.15, -0.1) is 0 Å². The van der Waals surface area contributed by atoms with E-state index in [-0.39, 0.29) is 11.8 Å². The normalized spacial score (nSPS) is 29.6. The highest BCUT2D eigenvalue weighted by Crippen LogP contribution is 2.43. The Morgan fingerprint density at radius 1 is 1.50 bits per heavy atom. The number of carbonyl (C=O) groups excluding carboxylic acids is 1. The Kier molecular flexibility index (Phi) is 2.72. The molecule has 2 atom stereocenters. The van der Waals surface area contributed by atoms with Crippen LogP contribution in [0.2, 0.25) is 0 Å². The molecule has 72 valence electrons. The van der Waals surface area contributed by atoms with Crippen LogP contribution in [0.15, 0.2) is 11.6 Å². The van der Waals surface area contributed by atoms with Gasteiger partial charge >= 0.3 is 0 Å². The summed E-state index contributed by atoms with van der Waals surface area (Å²) in [6.45, 7) is 3.64. The van der Waals surface area contributed by atoms with Gasteiger partial charge in [-0.05, 0) is 17.9 Å². The van der Waals surface area contributed by atoms with Gasteiger partial charge in [0.2, 0.25) is 0 Å². The first-order valence-corrected chi connectivity index (χ1v) is 4.60. The third-order valence-corrected chi connectivity index (χ3v) is 3.17. The minimum absolute atomic E-state index is 0.0174. The lowest BCUT2D eigenvalue weighted by Gasteiger charge is -2.35. The molecule has 3 heteroatoms. The first-order chi connectivity index (χ1) is 6.62. The maximum atomic E-state index is 10.7. The molecule has 0 amide bonds. The Bertz CT molecular complexity index is 342. The highest BCUT2D eigenvalue weighted by Gasteiger charge is 2.45. The smallest absolute Gasteiger partial charge is 0.153 e. The van der Waals surface area contributed by atoms with Crippen molar-refractivity contribution in [2.45, 2.75) is 20.3 Å². The standard InChI is InChI=1S/C11H12N2O/c1-8-3-4-10(5-14)9(2)11(8,6-12)7-13/h4-5,8-9H,3H2,1-2H3/t8-,9-/m1/s1. The van der Waals surface area contributed by atoms with E-state index in [1.807, 2.05) is 13.0 Å². The number of hydrogen-bond donors (Lipinski definition) is 0. The Morgan fingerprint density at radius 2 is 2.07 bits per heavy atom. The summed E-state index contributed by atoms with van der Waals surface area (Å²) in [6, 6.07) is 4.14. The zero-order valence-electron chi connectivity index (χ0n) is 8.32. The van der Waals surface area contributed by atoms with Crippen LogP contribution in [0.4, 0.5) is 0 Å². The molecular weight excluding hydrogens is 176 g/mol. The summed E-state index contributed by atoms with van der Waals surface area (Å²) >= 11 is 0. The topological polar surface area (TPSA) is 64.7 Å². The Morgan fingerprint density at radius 3 is 2.50 bits per heavy atom. The second kappa shape index (κ2) is 3.64. The molecule has 0 aromatic rings. The monoisotopic (exact) mass is 188 g/mol. The van der Waals surface area contributed by atoms with Crippen molar-refractivity contribution < 1.29 is 4.79 Å². The molecule has 1 aliphatic rings. The van der Waals surface area contributed by atoms with E-state index in [1.165, 1.54) is 0 Å². The van der Waals surface area contributed by atoms with Crippen molar-refractivity contribution in [3.63, 3.8) is 0 Å². The number of nitriles is 2. The average molecular weight is 188 g/mol. The summed E-state index contributed by atoms with van der Waals surface area (Å²) in [5.74, 6) is -0.310. The number of allylic oxidation sites excluding steroid dienone is 2. The van der Waals surface area contributed by atoms with Gasteiger partial charge in [-0.3, -0.25) is 4.79 Å². The molecule has 0 fully saturated rings. The quantitative estimate of drug-likeness (QED) is 0.589. The lowest BCUT2D eigenvalue weighted by atomic mass is 9.63. The summed E-state index contributed by atoms with van der Waals surface area (Å²) in [4.78, 5) is 10.7. The molecule has 3 nitrogen and oxygen atoms in total. The fourth-order valence-electron chi connectivity index (χ4n) is 1.95. The summed E-state index contributed by atoms with van der Waals surface area (Å²) in [5, 5.41) is 18.2. The lowest BCUT2D eigenvalue weighted by Crippen LogP contribution is -2.36. The largest absolute Gasteiger partial charge is 0.298 e. The second-order valence-electron chi connectivity index (χ2n) is 3.77.